The largest absolute Gasteiger partial charge is 0.299 e. The summed E-state index contributed by atoms with van der Waals surface area (Å²) in [4.78, 5) is 13.4. The molecular formula is C13H15BrOS. The average Bonchev–Trinajstić information content (AvgIpc) is 2.88. The van der Waals surface area contributed by atoms with Crippen molar-refractivity contribution in [3.63, 3.8) is 0 Å². The van der Waals surface area contributed by atoms with Gasteiger partial charge >= 0.3 is 0 Å². The second-order valence-electron chi connectivity index (χ2n) is 5.01. The van der Waals surface area contributed by atoms with Crippen molar-refractivity contribution in [2.75, 3.05) is 0 Å². The summed E-state index contributed by atoms with van der Waals surface area (Å²) in [5.41, 5.74) is 0. The van der Waals surface area contributed by atoms with Gasteiger partial charge < -0.3 is 0 Å². The highest BCUT2D eigenvalue weighted by molar-refractivity contribution is 9.10. The number of Topliss-reactive ketones (excluding diaryl/α,β-unsaturated/α-hetero) is 1. The van der Waals surface area contributed by atoms with Crippen molar-refractivity contribution in [2.24, 2.45) is 17.8 Å². The van der Waals surface area contributed by atoms with E-state index < -0.39 is 0 Å². The number of hydrogen-bond donors (Lipinski definition) is 0. The molecule has 1 aromatic heterocycles. The van der Waals surface area contributed by atoms with Crippen molar-refractivity contribution in [2.45, 2.75) is 32.1 Å². The molecule has 2 atom stereocenters. The van der Waals surface area contributed by atoms with Crippen molar-refractivity contribution < 1.29 is 4.79 Å². The molecule has 2 saturated carbocycles. The minimum atomic E-state index is 0.420. The fourth-order valence-corrected chi connectivity index (χ4v) is 4.67. The highest BCUT2D eigenvalue weighted by Gasteiger charge is 2.53. The number of halogens is 1. The maximum Gasteiger partial charge on any atom is 0.141 e. The Bertz CT molecular complexity index is 400. The third-order valence-electron chi connectivity index (χ3n) is 4.00. The third-order valence-corrected chi connectivity index (χ3v) is 5.70. The van der Waals surface area contributed by atoms with Crippen LogP contribution in [0.1, 0.15) is 30.6 Å². The Kier molecular flexibility index (Phi) is 2.92. The minimum Gasteiger partial charge on any atom is -0.299 e. The monoisotopic (exact) mass is 298 g/mol. The summed E-state index contributed by atoms with van der Waals surface area (Å²) in [6.07, 6.45) is 5.95. The molecule has 2 unspecified atom stereocenters. The standard InChI is InChI=1S/C13H15BrOS/c14-8-5-9(16-7-8)6-12(15)13-10-3-1-2-4-11(10)13/h5,7,10-11,13H,1-4,6H2. The molecule has 16 heavy (non-hydrogen) atoms. The second-order valence-corrected chi connectivity index (χ2v) is 6.92. The molecular weight excluding hydrogens is 284 g/mol. The van der Waals surface area contributed by atoms with Crippen LogP contribution in [0.5, 0.6) is 0 Å². The molecule has 2 aliphatic carbocycles. The molecule has 1 nitrogen and oxygen atoms in total. The fourth-order valence-electron chi connectivity index (χ4n) is 3.21. The van der Waals surface area contributed by atoms with Crippen molar-refractivity contribution in [1.29, 1.82) is 0 Å². The van der Waals surface area contributed by atoms with Gasteiger partial charge in [0.25, 0.3) is 0 Å². The van der Waals surface area contributed by atoms with Gasteiger partial charge in [-0.1, -0.05) is 12.8 Å². The highest BCUT2D eigenvalue weighted by atomic mass is 79.9. The third kappa shape index (κ3) is 2.00. The zero-order valence-corrected chi connectivity index (χ0v) is 11.5. The summed E-state index contributed by atoms with van der Waals surface area (Å²) >= 11 is 5.12. The van der Waals surface area contributed by atoms with Crippen LogP contribution in [-0.4, -0.2) is 5.78 Å². The molecule has 0 aromatic carbocycles. The lowest BCUT2D eigenvalue weighted by atomic mass is 10.0. The van der Waals surface area contributed by atoms with E-state index >= 15 is 0 Å². The molecule has 1 aromatic rings. The molecule has 0 bridgehead atoms. The van der Waals surface area contributed by atoms with E-state index in [4.69, 9.17) is 0 Å². The van der Waals surface area contributed by atoms with Crippen LogP contribution in [0.4, 0.5) is 0 Å². The SMILES string of the molecule is O=C(Cc1cc(Br)cs1)C1C2CCCCC21. The predicted molar refractivity (Wildman–Crippen MR) is 69.7 cm³/mol. The molecule has 3 heteroatoms. The first-order valence-electron chi connectivity index (χ1n) is 6.01. The average molecular weight is 299 g/mol. The quantitative estimate of drug-likeness (QED) is 0.822. The summed E-state index contributed by atoms with van der Waals surface area (Å²) in [5, 5.41) is 2.06. The second kappa shape index (κ2) is 4.26. The van der Waals surface area contributed by atoms with Crippen LogP contribution >= 0.6 is 27.3 Å². The highest BCUT2D eigenvalue weighted by Crippen LogP contribution is 2.56. The normalized spacial score (nSPS) is 32.2. The summed E-state index contributed by atoms with van der Waals surface area (Å²) in [6.45, 7) is 0. The first kappa shape index (κ1) is 11.0. The van der Waals surface area contributed by atoms with Crippen molar-refractivity contribution in [3.05, 3.63) is 20.8 Å². The van der Waals surface area contributed by atoms with E-state index in [1.54, 1.807) is 11.3 Å². The minimum absolute atomic E-state index is 0.420. The van der Waals surface area contributed by atoms with E-state index in [1.165, 1.54) is 30.6 Å². The van der Waals surface area contributed by atoms with E-state index in [0.717, 1.165) is 16.3 Å². The number of rotatable bonds is 3. The van der Waals surface area contributed by atoms with Gasteiger partial charge in [0.2, 0.25) is 0 Å². The van der Waals surface area contributed by atoms with Gasteiger partial charge in [0.05, 0.1) is 0 Å². The molecule has 2 fully saturated rings. The van der Waals surface area contributed by atoms with E-state index in [2.05, 4.69) is 27.4 Å². The topological polar surface area (TPSA) is 17.1 Å². The Labute approximate surface area is 108 Å². The molecule has 0 spiro atoms. The zero-order valence-electron chi connectivity index (χ0n) is 9.12. The van der Waals surface area contributed by atoms with Gasteiger partial charge in [-0.15, -0.1) is 11.3 Å². The molecule has 0 radical (unpaired) electrons. The number of thiophene rings is 1. The van der Waals surface area contributed by atoms with E-state index in [9.17, 15) is 4.79 Å². The Morgan fingerprint density at radius 1 is 1.38 bits per heavy atom. The van der Waals surface area contributed by atoms with Gasteiger partial charge in [0.15, 0.2) is 0 Å². The Morgan fingerprint density at radius 3 is 2.62 bits per heavy atom. The summed E-state index contributed by atoms with van der Waals surface area (Å²) in [6, 6.07) is 2.08. The lowest BCUT2D eigenvalue weighted by Gasteiger charge is -2.04. The summed E-state index contributed by atoms with van der Waals surface area (Å²) in [5.74, 6) is 2.42. The van der Waals surface area contributed by atoms with E-state index in [0.29, 0.717) is 18.1 Å². The zero-order chi connectivity index (χ0) is 11.1. The van der Waals surface area contributed by atoms with E-state index in [-0.39, 0.29) is 0 Å². The van der Waals surface area contributed by atoms with Crippen LogP contribution < -0.4 is 0 Å². The van der Waals surface area contributed by atoms with Gasteiger partial charge in [-0.2, -0.15) is 0 Å². The molecule has 0 aliphatic heterocycles. The number of carbonyl (C=O) groups is 1. The Balaban J connectivity index is 1.62. The van der Waals surface area contributed by atoms with Crippen molar-refractivity contribution >= 4 is 33.0 Å². The lowest BCUT2D eigenvalue weighted by Crippen LogP contribution is -2.06. The summed E-state index contributed by atoms with van der Waals surface area (Å²) < 4.78 is 1.11. The first-order chi connectivity index (χ1) is 7.75. The maximum atomic E-state index is 12.1. The van der Waals surface area contributed by atoms with Crippen LogP contribution in [0.15, 0.2) is 15.9 Å². The molecule has 2 aliphatic rings. The number of fused-ring (bicyclic) bond motifs is 1. The number of hydrogen-bond acceptors (Lipinski definition) is 2. The van der Waals surface area contributed by atoms with Crippen LogP contribution in [-0.2, 0) is 11.2 Å². The molecule has 0 saturated heterocycles. The summed E-state index contributed by atoms with van der Waals surface area (Å²) in [7, 11) is 0. The maximum absolute atomic E-state index is 12.1. The van der Waals surface area contributed by atoms with Crippen molar-refractivity contribution in [1.82, 2.24) is 0 Å². The molecule has 0 amide bonds. The van der Waals surface area contributed by atoms with Crippen LogP contribution in [0.25, 0.3) is 0 Å². The van der Waals surface area contributed by atoms with E-state index in [1.807, 2.05) is 0 Å². The van der Waals surface area contributed by atoms with Gasteiger partial charge in [-0.05, 0) is 46.7 Å². The smallest absolute Gasteiger partial charge is 0.141 e. The van der Waals surface area contributed by atoms with Crippen LogP contribution in [0.3, 0.4) is 0 Å². The fraction of sp³-hybridized carbons (Fsp3) is 0.615. The Morgan fingerprint density at radius 2 is 2.06 bits per heavy atom. The first-order valence-corrected chi connectivity index (χ1v) is 7.68. The lowest BCUT2D eigenvalue weighted by molar-refractivity contribution is -0.120. The van der Waals surface area contributed by atoms with Crippen LogP contribution in [0, 0.1) is 17.8 Å². The van der Waals surface area contributed by atoms with Gasteiger partial charge in [0, 0.05) is 27.1 Å². The molecule has 3 rings (SSSR count). The van der Waals surface area contributed by atoms with Gasteiger partial charge in [-0.3, -0.25) is 4.79 Å². The van der Waals surface area contributed by atoms with Gasteiger partial charge in [0.1, 0.15) is 5.78 Å². The predicted octanol–water partition coefficient (Wildman–Crippen LogP) is 4.06. The van der Waals surface area contributed by atoms with Crippen LogP contribution in [0.2, 0.25) is 0 Å². The molecule has 86 valence electrons. The number of carbonyl (C=O) groups excluding carboxylic acids is 1. The number of ketones is 1. The van der Waals surface area contributed by atoms with Crippen molar-refractivity contribution in [3.8, 4) is 0 Å². The Hall–Kier alpha value is -0.150. The molecule has 0 N–H and O–H groups in total. The van der Waals surface area contributed by atoms with Gasteiger partial charge in [-0.25, -0.2) is 0 Å². The molecule has 1 heterocycles.